The maximum atomic E-state index is 12.4. The Hall–Kier alpha value is -3.26. The van der Waals surface area contributed by atoms with Crippen molar-refractivity contribution >= 4 is 23.3 Å². The van der Waals surface area contributed by atoms with Crippen LogP contribution in [0.2, 0.25) is 5.02 Å². The van der Waals surface area contributed by atoms with Gasteiger partial charge in [0.2, 0.25) is 0 Å². The molecular formula is C18H12ClF2N3O3. The predicted molar refractivity (Wildman–Crippen MR) is 94.6 cm³/mol. The highest BCUT2D eigenvalue weighted by atomic mass is 35.5. The smallest absolute Gasteiger partial charge is 0.387 e. The van der Waals surface area contributed by atoms with E-state index < -0.39 is 12.5 Å². The van der Waals surface area contributed by atoms with E-state index in [9.17, 15) is 13.6 Å². The van der Waals surface area contributed by atoms with E-state index in [-0.39, 0.29) is 22.2 Å². The zero-order valence-corrected chi connectivity index (χ0v) is 14.4. The Kier molecular flexibility index (Phi) is 5.77. The number of hydrogen-bond donors (Lipinski definition) is 1. The first kappa shape index (κ1) is 18.5. The molecule has 0 atom stereocenters. The second kappa shape index (κ2) is 8.41. The van der Waals surface area contributed by atoms with E-state index in [2.05, 4.69) is 20.0 Å². The van der Waals surface area contributed by atoms with Crippen molar-refractivity contribution in [2.45, 2.75) is 6.61 Å². The Labute approximate surface area is 157 Å². The minimum Gasteiger partial charge on any atom is -0.456 e. The average Bonchev–Trinajstić information content (AvgIpc) is 2.65. The molecule has 2 aromatic heterocycles. The number of nitrogens with one attached hydrogen (secondary N) is 1. The monoisotopic (exact) mass is 391 g/mol. The first-order valence-corrected chi connectivity index (χ1v) is 7.99. The highest BCUT2D eigenvalue weighted by Gasteiger charge is 2.15. The average molecular weight is 392 g/mol. The number of hydrogen-bond acceptors (Lipinski definition) is 5. The molecule has 2 heterocycles. The topological polar surface area (TPSA) is 73.3 Å². The van der Waals surface area contributed by atoms with Gasteiger partial charge < -0.3 is 14.8 Å². The van der Waals surface area contributed by atoms with Crippen LogP contribution >= 0.6 is 11.6 Å². The van der Waals surface area contributed by atoms with Crippen LogP contribution in [0.5, 0.6) is 17.2 Å². The standard InChI is InChI=1S/C18H12ClF2N3O3/c19-13-10-11(3-4-14(13)26-12-5-8-22-9-6-12)17(25)24-16-15(27-18(20)21)2-1-7-23-16/h1-10,18H,(H,23,24,25). The number of amides is 1. The first-order chi connectivity index (χ1) is 13.0. The van der Waals surface area contributed by atoms with E-state index in [1.165, 1.54) is 36.5 Å². The number of pyridine rings is 2. The van der Waals surface area contributed by atoms with E-state index in [1.807, 2.05) is 0 Å². The third-order valence-electron chi connectivity index (χ3n) is 3.29. The lowest BCUT2D eigenvalue weighted by Crippen LogP contribution is -2.15. The maximum absolute atomic E-state index is 12.4. The lowest BCUT2D eigenvalue weighted by atomic mass is 10.2. The largest absolute Gasteiger partial charge is 0.456 e. The second-order valence-corrected chi connectivity index (χ2v) is 5.52. The first-order valence-electron chi connectivity index (χ1n) is 7.61. The van der Waals surface area contributed by atoms with Crippen LogP contribution in [0.3, 0.4) is 0 Å². The van der Waals surface area contributed by atoms with Gasteiger partial charge in [0.05, 0.1) is 5.02 Å². The summed E-state index contributed by atoms with van der Waals surface area (Å²) in [5, 5.41) is 2.61. The number of carbonyl (C=O) groups excluding carboxylic acids is 1. The minimum atomic E-state index is -3.04. The summed E-state index contributed by atoms with van der Waals surface area (Å²) in [7, 11) is 0. The SMILES string of the molecule is O=C(Nc1ncccc1OC(F)F)c1ccc(Oc2ccncc2)c(Cl)c1. The van der Waals surface area contributed by atoms with E-state index in [0.29, 0.717) is 11.5 Å². The Morgan fingerprint density at radius 2 is 1.85 bits per heavy atom. The van der Waals surface area contributed by atoms with E-state index in [4.69, 9.17) is 16.3 Å². The summed E-state index contributed by atoms with van der Waals surface area (Å²) in [6.07, 6.45) is 4.47. The molecule has 1 N–H and O–H groups in total. The van der Waals surface area contributed by atoms with Crippen LogP contribution in [0, 0.1) is 0 Å². The number of rotatable bonds is 6. The van der Waals surface area contributed by atoms with Crippen LogP contribution < -0.4 is 14.8 Å². The fraction of sp³-hybridized carbons (Fsp3) is 0.0556. The van der Waals surface area contributed by atoms with Crippen LogP contribution in [0.4, 0.5) is 14.6 Å². The van der Waals surface area contributed by atoms with Gasteiger partial charge in [-0.3, -0.25) is 9.78 Å². The molecule has 0 radical (unpaired) electrons. The summed E-state index contributed by atoms with van der Waals surface area (Å²) < 4.78 is 34.8. The van der Waals surface area contributed by atoms with Gasteiger partial charge in [0.15, 0.2) is 11.6 Å². The molecule has 1 aromatic carbocycles. The Morgan fingerprint density at radius 1 is 1.07 bits per heavy atom. The molecule has 0 saturated carbocycles. The minimum absolute atomic E-state index is 0.129. The van der Waals surface area contributed by atoms with Crippen molar-refractivity contribution in [2.24, 2.45) is 0 Å². The van der Waals surface area contributed by atoms with Crippen LogP contribution in [-0.2, 0) is 0 Å². The van der Waals surface area contributed by atoms with Gasteiger partial charge in [-0.1, -0.05) is 11.6 Å². The molecule has 6 nitrogen and oxygen atoms in total. The van der Waals surface area contributed by atoms with Crippen molar-refractivity contribution in [3.05, 3.63) is 71.6 Å². The second-order valence-electron chi connectivity index (χ2n) is 5.11. The quantitative estimate of drug-likeness (QED) is 0.654. The number of benzene rings is 1. The van der Waals surface area contributed by atoms with Gasteiger partial charge in [-0.2, -0.15) is 8.78 Å². The molecule has 3 aromatic rings. The van der Waals surface area contributed by atoms with Crippen LogP contribution in [-0.4, -0.2) is 22.5 Å². The van der Waals surface area contributed by atoms with Gasteiger partial charge >= 0.3 is 6.61 Å². The van der Waals surface area contributed by atoms with Crippen LogP contribution in [0.15, 0.2) is 61.1 Å². The molecule has 0 unspecified atom stereocenters. The maximum Gasteiger partial charge on any atom is 0.387 e. The highest BCUT2D eigenvalue weighted by Crippen LogP contribution is 2.30. The van der Waals surface area contributed by atoms with Crippen molar-refractivity contribution in [2.75, 3.05) is 5.32 Å². The number of ether oxygens (including phenoxy) is 2. The van der Waals surface area contributed by atoms with E-state index in [0.717, 1.165) is 0 Å². The van der Waals surface area contributed by atoms with Gasteiger partial charge in [0.25, 0.3) is 5.91 Å². The molecule has 0 aliphatic heterocycles. The van der Waals surface area contributed by atoms with Crippen molar-refractivity contribution in [3.63, 3.8) is 0 Å². The Balaban J connectivity index is 1.75. The molecule has 0 bridgehead atoms. The lowest BCUT2D eigenvalue weighted by molar-refractivity contribution is -0.0495. The highest BCUT2D eigenvalue weighted by molar-refractivity contribution is 6.32. The molecule has 3 rings (SSSR count). The number of aromatic nitrogens is 2. The number of nitrogens with zero attached hydrogens (tertiary/aromatic N) is 2. The summed E-state index contributed by atoms with van der Waals surface area (Å²) in [5.41, 5.74) is 0.190. The summed E-state index contributed by atoms with van der Waals surface area (Å²) in [6, 6.07) is 10.4. The predicted octanol–water partition coefficient (Wildman–Crippen LogP) is 4.78. The van der Waals surface area contributed by atoms with Crippen molar-refractivity contribution in [1.82, 2.24) is 9.97 Å². The molecule has 1 amide bonds. The van der Waals surface area contributed by atoms with Gasteiger partial charge in [0.1, 0.15) is 11.5 Å². The molecule has 0 saturated heterocycles. The van der Waals surface area contributed by atoms with Gasteiger partial charge in [-0.15, -0.1) is 0 Å². The molecule has 0 spiro atoms. The van der Waals surface area contributed by atoms with Crippen molar-refractivity contribution in [1.29, 1.82) is 0 Å². The summed E-state index contributed by atoms with van der Waals surface area (Å²) in [5.74, 6) is -0.0869. The molecule has 0 fully saturated rings. The lowest BCUT2D eigenvalue weighted by Gasteiger charge is -2.11. The fourth-order valence-corrected chi connectivity index (χ4v) is 2.33. The third-order valence-corrected chi connectivity index (χ3v) is 3.59. The molecule has 0 aliphatic rings. The number of anilines is 1. The van der Waals surface area contributed by atoms with Gasteiger partial charge in [-0.05, 0) is 42.5 Å². The van der Waals surface area contributed by atoms with Gasteiger partial charge in [0, 0.05) is 24.2 Å². The normalized spacial score (nSPS) is 10.5. The van der Waals surface area contributed by atoms with E-state index in [1.54, 1.807) is 24.5 Å². The third kappa shape index (κ3) is 4.89. The molecular weight excluding hydrogens is 380 g/mol. The zero-order chi connectivity index (χ0) is 19.2. The Bertz CT molecular complexity index is 942. The molecule has 138 valence electrons. The van der Waals surface area contributed by atoms with Gasteiger partial charge in [-0.25, -0.2) is 4.98 Å². The molecule has 0 aliphatic carbocycles. The number of carbonyl (C=O) groups is 1. The molecule has 9 heteroatoms. The van der Waals surface area contributed by atoms with Crippen molar-refractivity contribution in [3.8, 4) is 17.2 Å². The summed E-state index contributed by atoms with van der Waals surface area (Å²) in [4.78, 5) is 20.1. The summed E-state index contributed by atoms with van der Waals surface area (Å²) in [6.45, 7) is -3.04. The van der Waals surface area contributed by atoms with Crippen LogP contribution in [0.25, 0.3) is 0 Å². The fourth-order valence-electron chi connectivity index (χ4n) is 2.11. The number of alkyl halides is 2. The van der Waals surface area contributed by atoms with E-state index >= 15 is 0 Å². The summed E-state index contributed by atoms with van der Waals surface area (Å²) >= 11 is 6.17. The Morgan fingerprint density at radius 3 is 2.56 bits per heavy atom. The van der Waals surface area contributed by atoms with Crippen molar-refractivity contribution < 1.29 is 23.0 Å². The van der Waals surface area contributed by atoms with Crippen LogP contribution in [0.1, 0.15) is 10.4 Å². The number of halogens is 3. The molecule has 27 heavy (non-hydrogen) atoms. The zero-order valence-electron chi connectivity index (χ0n) is 13.6.